The number of carboxylic acids is 1. The van der Waals surface area contributed by atoms with E-state index < -0.39 is 54.8 Å². The summed E-state index contributed by atoms with van der Waals surface area (Å²) in [6.45, 7) is 0.918. The van der Waals surface area contributed by atoms with Crippen molar-refractivity contribution in [2.24, 2.45) is 5.73 Å². The highest BCUT2D eigenvalue weighted by Gasteiger charge is 2.23. The van der Waals surface area contributed by atoms with Crippen molar-refractivity contribution in [2.75, 3.05) is 11.9 Å². The van der Waals surface area contributed by atoms with Gasteiger partial charge in [0.2, 0.25) is 5.88 Å². The maximum atomic E-state index is 14.0. The van der Waals surface area contributed by atoms with E-state index in [1.54, 1.807) is 0 Å². The molecule has 2 aromatic rings. The van der Waals surface area contributed by atoms with Crippen LogP contribution in [0.15, 0.2) is 12.1 Å². The molecule has 0 saturated heterocycles. The minimum absolute atomic E-state index is 0.0253. The molecule has 0 saturated carbocycles. The molecule has 0 spiro atoms. The number of carbonyl (C=O) groups is 3. The predicted molar refractivity (Wildman–Crippen MR) is 117 cm³/mol. The van der Waals surface area contributed by atoms with Gasteiger partial charge in [-0.05, 0) is 49.0 Å². The number of aromatic nitrogens is 1. The van der Waals surface area contributed by atoms with Crippen LogP contribution in [0.5, 0.6) is 5.88 Å². The molecule has 0 aliphatic rings. The van der Waals surface area contributed by atoms with Crippen molar-refractivity contribution in [2.45, 2.75) is 45.0 Å². The van der Waals surface area contributed by atoms with Crippen LogP contribution in [0.3, 0.4) is 0 Å². The third-order valence-electron chi connectivity index (χ3n) is 4.49. The topological polar surface area (TPSA) is 184 Å². The van der Waals surface area contributed by atoms with Crippen LogP contribution in [0, 0.1) is 18.6 Å². The van der Waals surface area contributed by atoms with Crippen LogP contribution >= 0.6 is 11.5 Å². The molecule has 1 heterocycles. The van der Waals surface area contributed by atoms with Gasteiger partial charge in [-0.15, -0.1) is 0 Å². The number of rotatable bonds is 12. The lowest BCUT2D eigenvalue weighted by molar-refractivity contribution is -0.139. The number of aliphatic hydroxyl groups excluding tert-OH is 2. The van der Waals surface area contributed by atoms with E-state index in [0.717, 1.165) is 12.1 Å². The maximum Gasteiger partial charge on any atom is 0.319 e. The van der Waals surface area contributed by atoms with Gasteiger partial charge in [0.25, 0.3) is 5.91 Å². The lowest BCUT2D eigenvalue weighted by Crippen LogP contribution is -2.32. The Labute approximate surface area is 196 Å². The molecule has 2 unspecified atom stereocenters. The predicted octanol–water partition coefficient (Wildman–Crippen LogP) is 1.51. The van der Waals surface area contributed by atoms with Crippen molar-refractivity contribution in [3.63, 3.8) is 0 Å². The molecule has 34 heavy (non-hydrogen) atoms. The largest absolute Gasteiger partial charge is 0.481 e. The molecule has 2 rings (SSSR count). The molecule has 3 amide bonds. The zero-order valence-corrected chi connectivity index (χ0v) is 18.8. The Morgan fingerprint density at radius 2 is 1.85 bits per heavy atom. The van der Waals surface area contributed by atoms with Crippen molar-refractivity contribution >= 4 is 34.4 Å². The van der Waals surface area contributed by atoms with Gasteiger partial charge in [-0.3, -0.25) is 14.9 Å². The highest BCUT2D eigenvalue weighted by Crippen LogP contribution is 2.31. The lowest BCUT2D eigenvalue weighted by Gasteiger charge is -2.14. The lowest BCUT2D eigenvalue weighted by atomic mass is 10.1. The second kappa shape index (κ2) is 12.2. The first kappa shape index (κ1) is 26.9. The van der Waals surface area contributed by atoms with Crippen molar-refractivity contribution in [1.29, 1.82) is 0 Å². The minimum atomic E-state index is -1.23. The smallest absolute Gasteiger partial charge is 0.319 e. The number of carboxylic acid groups (broad SMARTS) is 1. The zero-order chi connectivity index (χ0) is 25.4. The Hall–Kier alpha value is -3.36. The van der Waals surface area contributed by atoms with Gasteiger partial charge in [-0.1, -0.05) is 0 Å². The molecule has 0 fully saturated rings. The fourth-order valence-corrected chi connectivity index (χ4v) is 3.64. The number of nitrogens with one attached hydrogen (secondary N) is 2. The number of amides is 3. The summed E-state index contributed by atoms with van der Waals surface area (Å²) in [7, 11) is 0. The van der Waals surface area contributed by atoms with Crippen LogP contribution < -0.4 is 21.1 Å². The van der Waals surface area contributed by atoms with Gasteiger partial charge in [0.1, 0.15) is 28.8 Å². The van der Waals surface area contributed by atoms with Crippen LogP contribution in [-0.4, -0.2) is 56.4 Å². The molecule has 0 radical (unpaired) electrons. The number of nitrogens with two attached hydrogens (primary N) is 1. The number of hydrogen-bond acceptors (Lipinski definition) is 8. The molecule has 0 bridgehead atoms. The van der Waals surface area contributed by atoms with Crippen LogP contribution in [0.2, 0.25) is 0 Å². The number of aliphatic carboxylic acids is 1. The first-order valence-corrected chi connectivity index (χ1v) is 10.7. The second-order valence-corrected chi connectivity index (χ2v) is 8.14. The normalized spacial score (nSPS) is 12.6. The summed E-state index contributed by atoms with van der Waals surface area (Å²) in [5.74, 6) is -4.17. The molecule has 14 heteroatoms. The van der Waals surface area contributed by atoms with Gasteiger partial charge in [-0.2, -0.15) is 4.37 Å². The Bertz CT molecular complexity index is 1030. The summed E-state index contributed by atoms with van der Waals surface area (Å²) < 4.78 is 37.1. The monoisotopic (exact) mass is 502 g/mol. The van der Waals surface area contributed by atoms with Crippen molar-refractivity contribution in [1.82, 2.24) is 9.69 Å². The number of urea groups is 1. The number of benzene rings is 1. The molecule has 1 aromatic carbocycles. The fourth-order valence-electron chi connectivity index (χ4n) is 2.90. The first-order chi connectivity index (χ1) is 16.0. The number of carbonyl (C=O) groups excluding carboxylic acids is 2. The van der Waals surface area contributed by atoms with Gasteiger partial charge in [0.05, 0.1) is 24.2 Å². The summed E-state index contributed by atoms with van der Waals surface area (Å²) in [4.78, 5) is 34.5. The summed E-state index contributed by atoms with van der Waals surface area (Å²) >= 11 is 0.659. The molecule has 0 aliphatic carbocycles. The average molecular weight is 502 g/mol. The standard InChI is InChI=1S/C20H24F2N4O7S/c1-9-4-13(21)12(14(22)5-9)8-33-18-16(17(23)31)19(34-26-18)25-20(32)24-3-2-10(27)6-11(28)7-15(29)30/h4-5,10-11,27-28H,2-3,6-8H2,1H3,(H2,23,31)(H,29,30)(H2,24,25,32). The van der Waals surface area contributed by atoms with E-state index >= 15 is 0 Å². The number of aryl methyl sites for hydroxylation is 1. The van der Waals surface area contributed by atoms with Crippen molar-refractivity contribution in [3.8, 4) is 5.88 Å². The quantitative estimate of drug-likeness (QED) is 0.252. The molecule has 186 valence electrons. The molecule has 2 atom stereocenters. The Balaban J connectivity index is 1.93. The highest BCUT2D eigenvalue weighted by atomic mass is 32.1. The summed E-state index contributed by atoms with van der Waals surface area (Å²) in [5, 5.41) is 32.6. The molecule has 1 aromatic heterocycles. The fraction of sp³-hybridized carbons (Fsp3) is 0.400. The molecular formula is C20H24F2N4O7S. The first-order valence-electron chi connectivity index (χ1n) is 9.97. The van der Waals surface area contributed by atoms with Gasteiger partial charge in [0, 0.05) is 6.54 Å². The Kier molecular flexibility index (Phi) is 9.65. The van der Waals surface area contributed by atoms with Gasteiger partial charge >= 0.3 is 12.0 Å². The number of halogens is 2. The van der Waals surface area contributed by atoms with E-state index in [9.17, 15) is 33.4 Å². The number of nitrogens with zero attached hydrogens (tertiary/aromatic N) is 1. The van der Waals surface area contributed by atoms with E-state index in [2.05, 4.69) is 15.0 Å². The van der Waals surface area contributed by atoms with Gasteiger partial charge < -0.3 is 31.1 Å². The van der Waals surface area contributed by atoms with Crippen molar-refractivity contribution in [3.05, 3.63) is 40.5 Å². The summed E-state index contributed by atoms with van der Waals surface area (Å²) in [6, 6.07) is 1.48. The number of anilines is 1. The molecular weight excluding hydrogens is 478 g/mol. The number of primary amides is 1. The van der Waals surface area contributed by atoms with E-state index in [0.29, 0.717) is 17.1 Å². The maximum absolute atomic E-state index is 14.0. The van der Waals surface area contributed by atoms with Gasteiger partial charge in [-0.25, -0.2) is 13.6 Å². The SMILES string of the molecule is Cc1cc(F)c(COc2nsc(NC(=O)NCCC(O)CC(O)CC(=O)O)c2C(N)=O)c(F)c1. The summed E-state index contributed by atoms with van der Waals surface area (Å²) in [5.41, 5.74) is 5.06. The van der Waals surface area contributed by atoms with E-state index in [1.165, 1.54) is 6.92 Å². The molecule has 0 aliphatic heterocycles. The Morgan fingerprint density at radius 1 is 1.21 bits per heavy atom. The van der Waals surface area contributed by atoms with E-state index in [-0.39, 0.29) is 41.4 Å². The highest BCUT2D eigenvalue weighted by molar-refractivity contribution is 7.11. The Morgan fingerprint density at radius 3 is 2.44 bits per heavy atom. The third kappa shape index (κ3) is 7.90. The molecule has 11 nitrogen and oxygen atoms in total. The van der Waals surface area contributed by atoms with Crippen LogP contribution in [0.25, 0.3) is 0 Å². The number of ether oxygens (including phenoxy) is 1. The zero-order valence-electron chi connectivity index (χ0n) is 18.0. The van der Waals surface area contributed by atoms with Crippen LogP contribution in [0.4, 0.5) is 18.6 Å². The van der Waals surface area contributed by atoms with E-state index in [1.807, 2.05) is 0 Å². The average Bonchev–Trinajstić information content (AvgIpc) is 3.08. The second-order valence-electron chi connectivity index (χ2n) is 7.36. The number of aliphatic hydroxyl groups is 2. The van der Waals surface area contributed by atoms with Crippen molar-refractivity contribution < 1.29 is 43.2 Å². The molecule has 7 N–H and O–H groups in total. The number of hydrogen-bond donors (Lipinski definition) is 6. The van der Waals surface area contributed by atoms with Crippen LogP contribution in [-0.2, 0) is 11.4 Å². The van der Waals surface area contributed by atoms with Gasteiger partial charge in [0.15, 0.2) is 0 Å². The summed E-state index contributed by atoms with van der Waals surface area (Å²) in [6.07, 6.45) is -2.95. The van der Waals surface area contributed by atoms with Crippen LogP contribution in [0.1, 0.15) is 40.7 Å². The third-order valence-corrected chi connectivity index (χ3v) is 5.24. The minimum Gasteiger partial charge on any atom is -0.481 e. The van der Waals surface area contributed by atoms with E-state index in [4.69, 9.17) is 15.6 Å².